The van der Waals surface area contributed by atoms with E-state index in [1.54, 1.807) is 6.92 Å². The second-order valence-corrected chi connectivity index (χ2v) is 6.47. The number of esters is 1. The Labute approximate surface area is 149 Å². The third-order valence-corrected chi connectivity index (χ3v) is 4.91. The van der Waals surface area contributed by atoms with Crippen molar-refractivity contribution in [1.29, 1.82) is 0 Å². The topological polar surface area (TPSA) is 46.6 Å². The van der Waals surface area contributed by atoms with Gasteiger partial charge in [-0.3, -0.25) is 4.79 Å². The number of benzene rings is 1. The van der Waals surface area contributed by atoms with Crippen LogP contribution in [0.2, 0.25) is 0 Å². The van der Waals surface area contributed by atoms with Crippen LogP contribution >= 0.6 is 0 Å². The van der Waals surface area contributed by atoms with Gasteiger partial charge in [0.15, 0.2) is 0 Å². The van der Waals surface area contributed by atoms with Gasteiger partial charge in [0, 0.05) is 23.8 Å². The first kappa shape index (κ1) is 18.5. The Kier molecular flexibility index (Phi) is 5.07. The van der Waals surface area contributed by atoms with Crippen LogP contribution in [0.4, 0.5) is 13.2 Å². The van der Waals surface area contributed by atoms with Crippen molar-refractivity contribution in [2.75, 3.05) is 13.2 Å². The van der Waals surface area contributed by atoms with Crippen LogP contribution in [0.5, 0.6) is 0 Å². The maximum absolute atomic E-state index is 12.9. The zero-order valence-electron chi connectivity index (χ0n) is 14.4. The Morgan fingerprint density at radius 3 is 2.50 bits per heavy atom. The van der Waals surface area contributed by atoms with Crippen LogP contribution < -0.4 is 0 Å². The van der Waals surface area contributed by atoms with Gasteiger partial charge in [-0.2, -0.15) is 13.2 Å². The monoisotopic (exact) mass is 367 g/mol. The predicted octanol–water partition coefficient (Wildman–Crippen LogP) is 3.96. The van der Waals surface area contributed by atoms with E-state index in [0.717, 1.165) is 50.1 Å². The van der Waals surface area contributed by atoms with Crippen molar-refractivity contribution in [2.24, 2.45) is 0 Å². The van der Waals surface area contributed by atoms with Gasteiger partial charge in [-0.1, -0.05) is 12.1 Å². The molecule has 0 saturated carbocycles. The summed E-state index contributed by atoms with van der Waals surface area (Å²) in [6, 6.07) is 4.26. The molecule has 4 nitrogen and oxygen atoms in total. The molecule has 2 aliphatic heterocycles. The third kappa shape index (κ3) is 3.48. The molecule has 0 bridgehead atoms. The SMILES string of the molecule is CCOC(=O)/C(C(=O)c1ccc(C(F)(F)F)cc1)=C1\CC[C@@H]2CCCN12. The number of hydrogen-bond donors (Lipinski definition) is 0. The number of hydrogen-bond acceptors (Lipinski definition) is 4. The molecular formula is C19H20F3NO3. The van der Waals surface area contributed by atoms with Crippen LogP contribution in [0.3, 0.4) is 0 Å². The van der Waals surface area contributed by atoms with E-state index in [0.29, 0.717) is 18.2 Å². The molecular weight excluding hydrogens is 347 g/mol. The standard InChI is InChI=1S/C19H20F3NO3/c1-2-26-18(25)16(15-10-9-14-4-3-11-23(14)15)17(24)12-5-7-13(8-6-12)19(20,21)22/h5-8,14H,2-4,9-11H2,1H3/b16-15+/t14-/m0/s1. The van der Waals surface area contributed by atoms with Crippen LogP contribution in [0.15, 0.2) is 35.5 Å². The lowest BCUT2D eigenvalue weighted by atomic mass is 9.99. The van der Waals surface area contributed by atoms with Crippen molar-refractivity contribution >= 4 is 11.8 Å². The van der Waals surface area contributed by atoms with E-state index in [1.165, 1.54) is 0 Å². The lowest BCUT2D eigenvalue weighted by Crippen LogP contribution is -2.27. The Hall–Kier alpha value is -2.31. The molecule has 140 valence electrons. The van der Waals surface area contributed by atoms with Crippen molar-refractivity contribution in [3.8, 4) is 0 Å². The molecule has 0 aliphatic carbocycles. The fourth-order valence-electron chi connectivity index (χ4n) is 3.71. The minimum Gasteiger partial charge on any atom is -0.462 e. The van der Waals surface area contributed by atoms with Gasteiger partial charge in [-0.05, 0) is 44.7 Å². The summed E-state index contributed by atoms with van der Waals surface area (Å²) in [7, 11) is 0. The van der Waals surface area contributed by atoms with Gasteiger partial charge in [0.1, 0.15) is 5.57 Å². The fraction of sp³-hybridized carbons (Fsp3) is 0.474. The summed E-state index contributed by atoms with van der Waals surface area (Å²) in [5.41, 5.74) is -0.164. The number of rotatable bonds is 4. The molecule has 1 atom stereocenters. The van der Waals surface area contributed by atoms with Crippen molar-refractivity contribution in [2.45, 2.75) is 44.8 Å². The van der Waals surface area contributed by atoms with Crippen LogP contribution in [-0.4, -0.2) is 35.8 Å². The number of Topliss-reactive ketones (excluding diaryl/α,β-unsaturated/α-hetero) is 1. The molecule has 1 aromatic carbocycles. The predicted molar refractivity (Wildman–Crippen MR) is 88.4 cm³/mol. The number of carbonyl (C=O) groups excluding carboxylic acids is 2. The largest absolute Gasteiger partial charge is 0.462 e. The van der Waals surface area contributed by atoms with Crippen molar-refractivity contribution in [3.63, 3.8) is 0 Å². The second kappa shape index (κ2) is 7.13. The summed E-state index contributed by atoms with van der Waals surface area (Å²) < 4.78 is 43.2. The van der Waals surface area contributed by atoms with Crippen LogP contribution in [0, 0.1) is 0 Å². The van der Waals surface area contributed by atoms with Gasteiger partial charge >= 0.3 is 12.1 Å². The summed E-state index contributed by atoms with van der Waals surface area (Å²) in [4.78, 5) is 27.5. The van der Waals surface area contributed by atoms with Crippen molar-refractivity contribution in [3.05, 3.63) is 46.7 Å². The van der Waals surface area contributed by atoms with Crippen molar-refractivity contribution < 1.29 is 27.5 Å². The molecule has 0 radical (unpaired) electrons. The number of ether oxygens (including phenoxy) is 1. The zero-order valence-corrected chi connectivity index (χ0v) is 14.4. The molecule has 0 amide bonds. The molecule has 26 heavy (non-hydrogen) atoms. The fourth-order valence-corrected chi connectivity index (χ4v) is 3.71. The smallest absolute Gasteiger partial charge is 0.416 e. The molecule has 0 spiro atoms. The van der Waals surface area contributed by atoms with E-state index >= 15 is 0 Å². The highest BCUT2D eigenvalue weighted by molar-refractivity contribution is 6.24. The first-order chi connectivity index (χ1) is 12.3. The highest BCUT2D eigenvalue weighted by Crippen LogP contribution is 2.37. The van der Waals surface area contributed by atoms with E-state index in [2.05, 4.69) is 4.90 Å². The van der Waals surface area contributed by atoms with E-state index in [-0.39, 0.29) is 17.7 Å². The number of allylic oxidation sites excluding steroid dienone is 1. The van der Waals surface area contributed by atoms with E-state index < -0.39 is 23.5 Å². The first-order valence-electron chi connectivity index (χ1n) is 8.71. The molecule has 2 saturated heterocycles. The average Bonchev–Trinajstić information content (AvgIpc) is 3.19. The summed E-state index contributed by atoms with van der Waals surface area (Å²) in [5, 5.41) is 0. The van der Waals surface area contributed by atoms with Gasteiger partial charge in [0.25, 0.3) is 0 Å². The van der Waals surface area contributed by atoms with E-state index in [9.17, 15) is 22.8 Å². The Morgan fingerprint density at radius 2 is 1.88 bits per heavy atom. The maximum atomic E-state index is 12.9. The van der Waals surface area contributed by atoms with Gasteiger partial charge in [0.2, 0.25) is 5.78 Å². The minimum absolute atomic E-state index is 0.0454. The molecule has 0 unspecified atom stereocenters. The third-order valence-electron chi connectivity index (χ3n) is 4.91. The van der Waals surface area contributed by atoms with E-state index in [4.69, 9.17) is 4.74 Å². The van der Waals surface area contributed by atoms with Crippen molar-refractivity contribution in [1.82, 2.24) is 4.90 Å². The number of fused-ring (bicyclic) bond motifs is 1. The number of halogens is 3. The van der Waals surface area contributed by atoms with Gasteiger partial charge in [0.05, 0.1) is 12.2 Å². The van der Waals surface area contributed by atoms with Gasteiger partial charge in [-0.15, -0.1) is 0 Å². The average molecular weight is 367 g/mol. The summed E-state index contributed by atoms with van der Waals surface area (Å²) in [6.45, 7) is 2.55. The molecule has 2 heterocycles. The summed E-state index contributed by atoms with van der Waals surface area (Å²) in [6.07, 6.45) is -0.977. The highest BCUT2D eigenvalue weighted by Gasteiger charge is 2.38. The Morgan fingerprint density at radius 1 is 1.19 bits per heavy atom. The maximum Gasteiger partial charge on any atom is 0.416 e. The van der Waals surface area contributed by atoms with Crippen LogP contribution in [0.25, 0.3) is 0 Å². The lowest BCUT2D eigenvalue weighted by molar-refractivity contribution is -0.138. The summed E-state index contributed by atoms with van der Waals surface area (Å²) in [5.74, 6) is -1.29. The molecule has 0 N–H and O–H groups in total. The van der Waals surface area contributed by atoms with Gasteiger partial charge in [-0.25, -0.2) is 4.79 Å². The first-order valence-corrected chi connectivity index (χ1v) is 8.71. The van der Waals surface area contributed by atoms with E-state index in [1.807, 2.05) is 0 Å². The molecule has 1 aromatic rings. The quantitative estimate of drug-likeness (QED) is 0.266. The molecule has 2 fully saturated rings. The van der Waals surface area contributed by atoms with Crippen LogP contribution in [0.1, 0.15) is 48.5 Å². The zero-order chi connectivity index (χ0) is 18.9. The Bertz CT molecular complexity index is 737. The Balaban J connectivity index is 1.97. The molecule has 3 rings (SSSR count). The normalized spacial score (nSPS) is 21.5. The lowest BCUT2D eigenvalue weighted by Gasteiger charge is -2.21. The number of ketones is 1. The molecule has 2 aliphatic rings. The number of nitrogens with zero attached hydrogens (tertiary/aromatic N) is 1. The van der Waals surface area contributed by atoms with Gasteiger partial charge < -0.3 is 9.64 Å². The highest BCUT2D eigenvalue weighted by atomic mass is 19.4. The second-order valence-electron chi connectivity index (χ2n) is 6.47. The minimum atomic E-state index is -4.47. The number of alkyl halides is 3. The van der Waals surface area contributed by atoms with Crippen LogP contribution in [-0.2, 0) is 15.7 Å². The molecule has 7 heteroatoms. The molecule has 0 aromatic heterocycles. The number of carbonyl (C=O) groups is 2. The summed E-state index contributed by atoms with van der Waals surface area (Å²) >= 11 is 0.